The van der Waals surface area contributed by atoms with Gasteiger partial charge in [0.05, 0.1) is 17.2 Å². The molecular weight excluding hydrogens is 480 g/mol. The van der Waals surface area contributed by atoms with Gasteiger partial charge in [0.2, 0.25) is 0 Å². The molecule has 0 aromatic heterocycles. The van der Waals surface area contributed by atoms with Crippen molar-refractivity contribution < 1.29 is 24.2 Å². The van der Waals surface area contributed by atoms with Gasteiger partial charge in [0.1, 0.15) is 18.2 Å². The van der Waals surface area contributed by atoms with Crippen molar-refractivity contribution in [2.75, 3.05) is 11.9 Å². The first-order valence-electron chi connectivity index (χ1n) is 11.1. The zero-order chi connectivity index (χ0) is 26.2. The Balaban J connectivity index is 1.83. The average Bonchev–Trinajstić information content (AvgIpc) is 2.84. The summed E-state index contributed by atoms with van der Waals surface area (Å²) in [7, 11) is 0. The van der Waals surface area contributed by atoms with Crippen LogP contribution in [0.2, 0.25) is 5.02 Å². The molecule has 0 heterocycles. The summed E-state index contributed by atoms with van der Waals surface area (Å²) in [5.74, 6) is -0.891. The molecule has 1 amide bonds. The van der Waals surface area contributed by atoms with Gasteiger partial charge in [-0.3, -0.25) is 4.79 Å². The Hall–Kier alpha value is -4.28. The van der Waals surface area contributed by atoms with Crippen molar-refractivity contribution in [2.24, 2.45) is 0 Å². The maximum absolute atomic E-state index is 12.7. The number of carbonyl (C=O) groups is 2. The van der Waals surface area contributed by atoms with Gasteiger partial charge in [0.25, 0.3) is 5.91 Å². The Kier molecular flexibility index (Phi) is 8.71. The van der Waals surface area contributed by atoms with E-state index in [2.05, 4.69) is 5.32 Å². The number of nitrogens with zero attached hydrogens (tertiary/aromatic N) is 1. The summed E-state index contributed by atoms with van der Waals surface area (Å²) in [6, 6.07) is 17.1. The highest BCUT2D eigenvalue weighted by Gasteiger charge is 2.16. The number of aromatic carboxylic acids is 1. The first-order valence-corrected chi connectivity index (χ1v) is 11.5. The first kappa shape index (κ1) is 26.3. The highest BCUT2D eigenvalue weighted by Crippen LogP contribution is 2.38. The molecule has 0 aliphatic carbocycles. The number of hydrogen-bond donors (Lipinski definition) is 2. The van der Waals surface area contributed by atoms with Crippen molar-refractivity contribution in [3.8, 4) is 17.6 Å². The summed E-state index contributed by atoms with van der Waals surface area (Å²) in [6.07, 6.45) is 1.43. The predicted molar refractivity (Wildman–Crippen MR) is 138 cm³/mol. The molecule has 0 aliphatic heterocycles. The minimum absolute atomic E-state index is 0.0966. The number of carbonyl (C=O) groups excluding carboxylic acids is 1. The molecule has 0 saturated heterocycles. The number of nitriles is 1. The number of carboxylic acids is 1. The van der Waals surface area contributed by atoms with Crippen LogP contribution >= 0.6 is 11.6 Å². The third-order valence-corrected chi connectivity index (χ3v) is 5.50. The van der Waals surface area contributed by atoms with Crippen LogP contribution in [-0.4, -0.2) is 23.6 Å². The van der Waals surface area contributed by atoms with E-state index in [0.717, 1.165) is 16.7 Å². The van der Waals surface area contributed by atoms with Crippen LogP contribution in [0.1, 0.15) is 39.5 Å². The first-order chi connectivity index (χ1) is 17.2. The van der Waals surface area contributed by atoms with Gasteiger partial charge in [-0.25, -0.2) is 4.79 Å². The van der Waals surface area contributed by atoms with E-state index in [4.69, 9.17) is 26.2 Å². The topological polar surface area (TPSA) is 109 Å². The molecular formula is C28H25ClN2O5. The van der Waals surface area contributed by atoms with Crippen LogP contribution in [0.15, 0.2) is 60.2 Å². The Morgan fingerprint density at radius 3 is 2.42 bits per heavy atom. The second kappa shape index (κ2) is 11.9. The fourth-order valence-electron chi connectivity index (χ4n) is 3.43. The summed E-state index contributed by atoms with van der Waals surface area (Å²) in [5.41, 5.74) is 3.91. The zero-order valence-corrected chi connectivity index (χ0v) is 20.8. The van der Waals surface area contributed by atoms with E-state index in [-0.39, 0.29) is 22.8 Å². The number of ether oxygens (including phenoxy) is 2. The Morgan fingerprint density at radius 2 is 1.81 bits per heavy atom. The lowest BCUT2D eigenvalue weighted by molar-refractivity contribution is -0.112. The maximum Gasteiger partial charge on any atom is 0.335 e. The summed E-state index contributed by atoms with van der Waals surface area (Å²) < 4.78 is 11.6. The molecule has 0 atom stereocenters. The van der Waals surface area contributed by atoms with Crippen LogP contribution in [0.5, 0.6) is 11.5 Å². The number of amides is 1. The van der Waals surface area contributed by atoms with Crippen LogP contribution < -0.4 is 14.8 Å². The number of benzene rings is 3. The minimum atomic E-state index is -1.01. The van der Waals surface area contributed by atoms with Gasteiger partial charge in [-0.1, -0.05) is 41.4 Å². The number of anilines is 1. The molecule has 0 unspecified atom stereocenters. The fourth-order valence-corrected chi connectivity index (χ4v) is 3.71. The quantitative estimate of drug-likeness (QED) is 0.266. The molecule has 3 rings (SSSR count). The van der Waals surface area contributed by atoms with Gasteiger partial charge in [0, 0.05) is 5.69 Å². The molecule has 0 saturated carbocycles. The van der Waals surface area contributed by atoms with Gasteiger partial charge >= 0.3 is 5.97 Å². The predicted octanol–water partition coefficient (Wildman–Crippen LogP) is 6.18. The third kappa shape index (κ3) is 6.65. The van der Waals surface area contributed by atoms with E-state index in [0.29, 0.717) is 29.4 Å². The Labute approximate surface area is 214 Å². The Bertz CT molecular complexity index is 1360. The summed E-state index contributed by atoms with van der Waals surface area (Å²) in [4.78, 5) is 23.8. The molecule has 3 aromatic rings. The van der Waals surface area contributed by atoms with Crippen LogP contribution in [0.4, 0.5) is 5.69 Å². The van der Waals surface area contributed by atoms with E-state index in [1.807, 2.05) is 39.0 Å². The van der Waals surface area contributed by atoms with Crippen molar-refractivity contribution in [1.82, 2.24) is 0 Å². The van der Waals surface area contributed by atoms with E-state index in [9.17, 15) is 14.9 Å². The largest absolute Gasteiger partial charge is 0.490 e. The van der Waals surface area contributed by atoms with E-state index in [1.54, 1.807) is 30.3 Å². The van der Waals surface area contributed by atoms with Crippen molar-refractivity contribution in [3.63, 3.8) is 0 Å². The zero-order valence-electron chi connectivity index (χ0n) is 20.1. The summed E-state index contributed by atoms with van der Waals surface area (Å²) in [6.45, 7) is 6.12. The summed E-state index contributed by atoms with van der Waals surface area (Å²) in [5, 5.41) is 21.6. The Morgan fingerprint density at radius 1 is 1.08 bits per heavy atom. The number of aryl methyl sites for hydroxylation is 2. The lowest BCUT2D eigenvalue weighted by Gasteiger charge is -2.15. The van der Waals surface area contributed by atoms with Gasteiger partial charge < -0.3 is 19.9 Å². The van der Waals surface area contributed by atoms with Crippen molar-refractivity contribution in [2.45, 2.75) is 27.4 Å². The molecule has 2 N–H and O–H groups in total. The molecule has 0 fully saturated rings. The van der Waals surface area contributed by atoms with E-state index < -0.39 is 11.9 Å². The monoisotopic (exact) mass is 504 g/mol. The molecule has 36 heavy (non-hydrogen) atoms. The van der Waals surface area contributed by atoms with Crippen LogP contribution in [-0.2, 0) is 11.4 Å². The standard InChI is InChI=1S/C28H25ClN2O5/c1-4-35-25-14-20(12-22(15-30)27(32)31-24-10-5-17(2)11-18(24)3)13-23(29)26(25)36-16-19-6-8-21(9-7-19)28(33)34/h5-14H,4,16H2,1-3H3,(H,31,32)(H,33,34)/b22-12+. The second-order valence-corrected chi connectivity index (χ2v) is 8.40. The molecule has 3 aromatic carbocycles. The molecule has 184 valence electrons. The number of rotatable bonds is 9. The van der Waals surface area contributed by atoms with Crippen LogP contribution in [0.3, 0.4) is 0 Å². The smallest absolute Gasteiger partial charge is 0.335 e. The third-order valence-electron chi connectivity index (χ3n) is 5.22. The highest BCUT2D eigenvalue weighted by molar-refractivity contribution is 6.32. The molecule has 7 nitrogen and oxygen atoms in total. The van der Waals surface area contributed by atoms with Crippen molar-refractivity contribution in [1.29, 1.82) is 5.26 Å². The number of carboxylic acid groups (broad SMARTS) is 1. The molecule has 0 aliphatic rings. The molecule has 0 radical (unpaired) electrons. The molecule has 0 bridgehead atoms. The van der Waals surface area contributed by atoms with E-state index in [1.165, 1.54) is 18.2 Å². The number of nitrogens with one attached hydrogen (secondary N) is 1. The SMILES string of the molecule is CCOc1cc(/C=C(\C#N)C(=O)Nc2ccc(C)cc2C)cc(Cl)c1OCc1ccc(C(=O)O)cc1. The van der Waals surface area contributed by atoms with Crippen LogP contribution in [0, 0.1) is 25.2 Å². The van der Waals surface area contributed by atoms with Gasteiger partial charge in [-0.2, -0.15) is 5.26 Å². The maximum atomic E-state index is 12.7. The highest BCUT2D eigenvalue weighted by atomic mass is 35.5. The lowest BCUT2D eigenvalue weighted by Crippen LogP contribution is -2.14. The van der Waals surface area contributed by atoms with Crippen LogP contribution in [0.25, 0.3) is 6.08 Å². The fraction of sp³-hybridized carbons (Fsp3) is 0.179. The number of halogens is 1. The molecule has 0 spiro atoms. The van der Waals surface area contributed by atoms with Gasteiger partial charge in [-0.05, 0) is 73.9 Å². The lowest BCUT2D eigenvalue weighted by atomic mass is 10.1. The van der Waals surface area contributed by atoms with Gasteiger partial charge in [0.15, 0.2) is 11.5 Å². The number of hydrogen-bond acceptors (Lipinski definition) is 5. The average molecular weight is 505 g/mol. The van der Waals surface area contributed by atoms with Gasteiger partial charge in [-0.15, -0.1) is 0 Å². The normalized spacial score (nSPS) is 10.9. The van der Waals surface area contributed by atoms with Crippen molar-refractivity contribution >= 4 is 35.2 Å². The van der Waals surface area contributed by atoms with Crippen molar-refractivity contribution in [3.05, 3.63) is 93.0 Å². The molecule has 8 heteroatoms. The summed E-state index contributed by atoms with van der Waals surface area (Å²) >= 11 is 6.48. The minimum Gasteiger partial charge on any atom is -0.490 e. The second-order valence-electron chi connectivity index (χ2n) is 8.00. The van der Waals surface area contributed by atoms with E-state index >= 15 is 0 Å².